The fraction of sp³-hybridized carbons (Fsp3) is 0.756. The van der Waals surface area contributed by atoms with Gasteiger partial charge in [0.2, 0.25) is 27.7 Å². The maximum atomic E-state index is 14.4. The highest BCUT2D eigenvalue weighted by Crippen LogP contribution is 2.37. The lowest BCUT2D eigenvalue weighted by Crippen LogP contribution is -2.54. The largest absolute Gasteiger partial charge is 0.379 e. The summed E-state index contributed by atoms with van der Waals surface area (Å²) in [4.78, 5) is 76.0. The van der Waals surface area contributed by atoms with Crippen LogP contribution in [0, 0.1) is 35.5 Å². The molecule has 1 aliphatic carbocycles. The van der Waals surface area contributed by atoms with Gasteiger partial charge >= 0.3 is 0 Å². The molecule has 1 saturated carbocycles. The van der Waals surface area contributed by atoms with Gasteiger partial charge in [0.25, 0.3) is 0 Å². The fourth-order valence-electron chi connectivity index (χ4n) is 10.0. The molecule has 62 heavy (non-hydrogen) atoms. The van der Waals surface area contributed by atoms with E-state index >= 15 is 0 Å². The van der Waals surface area contributed by atoms with Gasteiger partial charge in [0.05, 0.1) is 42.5 Å². The Morgan fingerprint density at radius 3 is 2.31 bits per heavy atom. The molecule has 346 valence electrons. The van der Waals surface area contributed by atoms with Gasteiger partial charge in [0.1, 0.15) is 5.78 Å². The van der Waals surface area contributed by atoms with Gasteiger partial charge in [-0.2, -0.15) is 0 Å². The van der Waals surface area contributed by atoms with E-state index in [9.17, 15) is 32.4 Å². The first kappa shape index (κ1) is 50.8. The molecule has 3 amide bonds. The van der Waals surface area contributed by atoms with Crippen molar-refractivity contribution >= 4 is 39.3 Å². The first-order chi connectivity index (χ1) is 29.5. The number of hydrogen-bond donors (Lipinski definition) is 2. The van der Waals surface area contributed by atoms with Crippen molar-refractivity contribution in [3.63, 3.8) is 0 Å². The summed E-state index contributed by atoms with van der Waals surface area (Å²) in [5.74, 6) is -3.85. The average Bonchev–Trinajstić information content (AvgIpc) is 4.03. The molecular formula is C45H71N7O9S. The number of ketones is 2. The number of carbonyl (C=O) groups excluding carboxylic acids is 5. The minimum atomic E-state index is -4.07. The molecule has 16 nitrogen and oxygen atoms in total. The van der Waals surface area contributed by atoms with Crippen LogP contribution in [-0.4, -0.2) is 124 Å². The number of fused-ring (bicyclic) bond motifs is 2. The number of azide groups is 1. The number of nitrogens with zero attached hydrogens (tertiary/aromatic N) is 5. The van der Waals surface area contributed by atoms with Gasteiger partial charge in [-0.15, -0.1) is 0 Å². The van der Waals surface area contributed by atoms with Gasteiger partial charge in [0.15, 0.2) is 5.78 Å². The Hall–Kier alpha value is -3.89. The molecule has 2 N–H and O–H groups in total. The zero-order chi connectivity index (χ0) is 45.7. The van der Waals surface area contributed by atoms with Crippen LogP contribution in [0.1, 0.15) is 104 Å². The van der Waals surface area contributed by atoms with Gasteiger partial charge in [-0.05, 0) is 73.8 Å². The summed E-state index contributed by atoms with van der Waals surface area (Å²) in [5, 5.41) is 6.83. The van der Waals surface area contributed by atoms with Crippen molar-refractivity contribution in [2.75, 3.05) is 40.1 Å². The number of rotatable bonds is 26. The third kappa shape index (κ3) is 13.3. The van der Waals surface area contributed by atoms with Gasteiger partial charge in [-0.25, -0.2) is 8.42 Å². The molecule has 2 aliphatic heterocycles. The first-order valence-electron chi connectivity index (χ1n) is 22.5. The lowest BCUT2D eigenvalue weighted by Gasteiger charge is -2.41. The number of sulfonamides is 1. The Morgan fingerprint density at radius 2 is 1.73 bits per heavy atom. The monoisotopic (exact) mass is 886 g/mol. The smallest absolute Gasteiger partial charge is 0.237 e. The molecule has 1 aromatic rings. The van der Waals surface area contributed by atoms with Crippen molar-refractivity contribution < 1.29 is 41.9 Å². The number of benzene rings is 1. The summed E-state index contributed by atoms with van der Waals surface area (Å²) in [7, 11) is 0.726. The second-order valence-electron chi connectivity index (χ2n) is 18.2. The molecule has 2 saturated heterocycles. The van der Waals surface area contributed by atoms with Gasteiger partial charge < -0.3 is 24.6 Å². The van der Waals surface area contributed by atoms with Crippen molar-refractivity contribution in [1.29, 1.82) is 0 Å². The van der Waals surface area contributed by atoms with Gasteiger partial charge in [0, 0.05) is 75.9 Å². The number of hydrogen-bond acceptors (Lipinski definition) is 11. The minimum absolute atomic E-state index is 0.0185. The fourth-order valence-corrected chi connectivity index (χ4v) is 11.1. The predicted octanol–water partition coefficient (Wildman–Crippen LogP) is 5.24. The third-order valence-electron chi connectivity index (χ3n) is 13.7. The quantitative estimate of drug-likeness (QED) is 0.0534. The van der Waals surface area contributed by atoms with Gasteiger partial charge in [-0.3, -0.25) is 28.7 Å². The minimum Gasteiger partial charge on any atom is -0.379 e. The van der Waals surface area contributed by atoms with Crippen LogP contribution in [-0.2, 0) is 49.9 Å². The normalized spacial score (nSPS) is 23.1. The van der Waals surface area contributed by atoms with E-state index in [1.54, 1.807) is 55.1 Å². The van der Waals surface area contributed by atoms with Crippen molar-refractivity contribution in [2.45, 2.75) is 142 Å². The maximum absolute atomic E-state index is 14.4. The summed E-state index contributed by atoms with van der Waals surface area (Å²) >= 11 is 0. The van der Waals surface area contributed by atoms with E-state index in [0.29, 0.717) is 31.3 Å². The van der Waals surface area contributed by atoms with Crippen molar-refractivity contribution in [3.05, 3.63) is 46.3 Å². The van der Waals surface area contributed by atoms with Crippen LogP contribution in [0.5, 0.6) is 0 Å². The molecule has 0 radical (unpaired) electrons. The lowest BCUT2D eigenvalue weighted by molar-refractivity contribution is -0.149. The Bertz CT molecular complexity index is 1840. The van der Waals surface area contributed by atoms with Gasteiger partial charge in [-0.1, -0.05) is 76.5 Å². The number of nitrogens with one attached hydrogen (secondary N) is 2. The maximum Gasteiger partial charge on any atom is 0.237 e. The number of amides is 3. The van der Waals surface area contributed by atoms with Crippen LogP contribution in [0.25, 0.3) is 10.4 Å². The van der Waals surface area contributed by atoms with Crippen LogP contribution in [0.2, 0.25) is 0 Å². The highest BCUT2D eigenvalue weighted by molar-refractivity contribution is 7.90. The first-order valence-corrected chi connectivity index (χ1v) is 24.1. The summed E-state index contributed by atoms with van der Waals surface area (Å²) < 4.78 is 39.7. The van der Waals surface area contributed by atoms with E-state index in [1.165, 1.54) is 7.11 Å². The molecule has 4 rings (SSSR count). The molecule has 17 heteroatoms. The number of likely N-dealkylation sites (N-methyl/N-ethyl adjacent to an activating group) is 1. The van der Waals surface area contributed by atoms with Crippen molar-refractivity contribution in [3.8, 4) is 0 Å². The summed E-state index contributed by atoms with van der Waals surface area (Å²) in [5.41, 5.74) is 9.27. The highest BCUT2D eigenvalue weighted by Gasteiger charge is 2.46. The molecule has 11 atom stereocenters. The van der Waals surface area contributed by atoms with E-state index in [0.717, 1.165) is 31.2 Å². The molecular weight excluding hydrogens is 815 g/mol. The van der Waals surface area contributed by atoms with Crippen LogP contribution >= 0.6 is 0 Å². The van der Waals surface area contributed by atoms with Crippen molar-refractivity contribution in [2.24, 2.45) is 40.6 Å². The number of methoxy groups -OCH3 is 2. The molecule has 1 aromatic carbocycles. The van der Waals surface area contributed by atoms with Crippen LogP contribution in [0.3, 0.4) is 0 Å². The molecule has 2 heterocycles. The molecule has 2 bridgehead atoms. The van der Waals surface area contributed by atoms with Crippen LogP contribution in [0.15, 0.2) is 35.4 Å². The molecule has 0 unspecified atom stereocenters. The summed E-state index contributed by atoms with van der Waals surface area (Å²) in [6.45, 7) is 10.1. The Kier molecular flexibility index (Phi) is 19.4. The number of ether oxygens (including phenoxy) is 2. The third-order valence-corrected chi connectivity index (χ3v) is 15.1. The number of likely N-dealkylation sites (tertiary alicyclic amines) is 1. The van der Waals surface area contributed by atoms with Crippen LogP contribution in [0.4, 0.5) is 0 Å². The molecule has 0 aromatic heterocycles. The Morgan fingerprint density at radius 1 is 1.02 bits per heavy atom. The summed E-state index contributed by atoms with van der Waals surface area (Å²) in [6, 6.07) is 8.29. The van der Waals surface area contributed by atoms with E-state index in [4.69, 9.17) is 15.0 Å². The highest BCUT2D eigenvalue weighted by atomic mass is 32.2. The second kappa shape index (κ2) is 23.7. The predicted molar refractivity (Wildman–Crippen MR) is 236 cm³/mol. The van der Waals surface area contributed by atoms with Crippen molar-refractivity contribution in [1.82, 2.24) is 19.8 Å². The summed E-state index contributed by atoms with van der Waals surface area (Å²) in [6.07, 6.45) is 3.77. The Balaban J connectivity index is 1.47. The number of piperidine rings is 1. The molecule has 0 spiro atoms. The van der Waals surface area contributed by atoms with E-state index < -0.39 is 63.7 Å². The molecule has 3 aliphatic rings. The topological polar surface area (TPSA) is 217 Å². The SMILES string of the molecule is CC[C@H](C)[C@@H]([C@@H](CC(=O)N1CCC[C@H]1[C@H](OC)[C@@H](C)C(=O)C[C@@H](Cc1ccccc1)C(=O)NS(=O)(=O)CCCN=[N+]=[N-])OC)N(C)C(=O)[C@@H](CC(=O)[C@H]1N[C@@H]2CC[C@H]1C2)C(C)C. The zero-order valence-electron chi connectivity index (χ0n) is 38.0. The number of Topliss-reactive ketones (excluding diaryl/α,β-unsaturated/α-hetero) is 2. The average molecular weight is 886 g/mol. The lowest BCUT2D eigenvalue weighted by atomic mass is 9.83. The van der Waals surface area contributed by atoms with E-state index in [-0.39, 0.29) is 79.9 Å². The molecule has 3 fully saturated rings. The van der Waals surface area contributed by atoms with Crippen LogP contribution < -0.4 is 10.0 Å². The number of carbonyl (C=O) groups is 5. The Labute approximate surface area is 368 Å². The standard InChI is InChI=1S/C45H71N7O9S/c1-9-29(4)42(51(6)45(57)35(28(2)3)26-38(54)41-32-18-19-34(24-32)48-41)39(60-7)27-40(55)52-21-13-17-36(52)43(61-8)30(5)37(53)25-33(23-31-15-11-10-12-16-31)44(56)49-62(58,59)22-14-20-47-50-46/h10-12,15-16,28-30,32-36,39,41-43,48H,9,13-14,17-27H2,1-8H3,(H,49,56)/t29-,30-,32-,33+,34+,35-,36-,39+,41-,42-,43+/m0/s1. The zero-order valence-corrected chi connectivity index (χ0v) is 38.8. The van der Waals surface area contributed by atoms with E-state index in [2.05, 4.69) is 20.1 Å². The second-order valence-corrected chi connectivity index (χ2v) is 20.0. The van der Waals surface area contributed by atoms with E-state index in [1.807, 2.05) is 33.8 Å².